The first kappa shape index (κ1) is 18.0. The molecule has 0 bridgehead atoms. The first-order valence-electron chi connectivity index (χ1n) is 10.3. The quantitative estimate of drug-likeness (QED) is 0.224. The highest BCUT2D eigenvalue weighted by molar-refractivity contribution is 6.23. The summed E-state index contributed by atoms with van der Waals surface area (Å²) in [4.78, 5) is 11.3. The molecule has 0 spiro atoms. The molecule has 1 heteroatoms. The molecule has 1 nitrogen and oxygen atoms in total. The van der Waals surface area contributed by atoms with Crippen molar-refractivity contribution in [3.63, 3.8) is 0 Å². The highest BCUT2D eigenvalue weighted by Crippen LogP contribution is 2.39. The van der Waals surface area contributed by atoms with E-state index in [0.29, 0.717) is 6.42 Å². The van der Waals surface area contributed by atoms with Crippen molar-refractivity contribution in [1.29, 1.82) is 0 Å². The summed E-state index contributed by atoms with van der Waals surface area (Å²) < 4.78 is 0. The summed E-state index contributed by atoms with van der Waals surface area (Å²) >= 11 is 0. The Morgan fingerprint density at radius 1 is 0.778 bits per heavy atom. The van der Waals surface area contributed by atoms with Crippen molar-refractivity contribution in [2.24, 2.45) is 0 Å². The number of unbranched alkanes of at least 4 members (excludes halogenated alkanes) is 4. The summed E-state index contributed by atoms with van der Waals surface area (Å²) in [6, 6.07) is 19.9. The van der Waals surface area contributed by atoms with Gasteiger partial charge in [0.25, 0.3) is 0 Å². The van der Waals surface area contributed by atoms with Gasteiger partial charge in [-0.05, 0) is 50.2 Å². The second kappa shape index (κ2) is 8.08. The Morgan fingerprint density at radius 2 is 1.44 bits per heavy atom. The molecule has 0 fully saturated rings. The van der Waals surface area contributed by atoms with Gasteiger partial charge in [0.2, 0.25) is 0 Å². The number of hydrogen-bond donors (Lipinski definition) is 0. The van der Waals surface area contributed by atoms with Crippen LogP contribution in [0.5, 0.6) is 0 Å². The summed E-state index contributed by atoms with van der Waals surface area (Å²) in [5, 5.41) is 7.89. The molecule has 0 heterocycles. The lowest BCUT2D eigenvalue weighted by molar-refractivity contribution is 0.519. The predicted molar refractivity (Wildman–Crippen MR) is 117 cm³/mol. The van der Waals surface area contributed by atoms with E-state index in [9.17, 15) is 4.79 Å². The third-order valence-corrected chi connectivity index (χ3v) is 5.99. The molecule has 4 rings (SSSR count). The van der Waals surface area contributed by atoms with Crippen molar-refractivity contribution in [3.05, 3.63) is 60.2 Å². The van der Waals surface area contributed by atoms with Gasteiger partial charge < -0.3 is 0 Å². The second-order valence-electron chi connectivity index (χ2n) is 7.76. The third kappa shape index (κ3) is 3.43. The number of carbonyl (C=O) groups excluding carboxylic acids is 1. The zero-order valence-electron chi connectivity index (χ0n) is 16.1. The van der Waals surface area contributed by atoms with E-state index in [1.54, 1.807) is 0 Å². The van der Waals surface area contributed by atoms with E-state index in [-0.39, 0.29) is 5.92 Å². The van der Waals surface area contributed by atoms with Gasteiger partial charge in [0.15, 0.2) is 6.29 Å². The second-order valence-corrected chi connectivity index (χ2v) is 7.76. The highest BCUT2D eigenvalue weighted by Gasteiger charge is 2.17. The topological polar surface area (TPSA) is 17.1 Å². The molecule has 0 aliphatic carbocycles. The first-order valence-corrected chi connectivity index (χ1v) is 10.3. The van der Waals surface area contributed by atoms with Crippen LogP contribution in [0, 0.1) is 0 Å². The van der Waals surface area contributed by atoms with Gasteiger partial charge in [0, 0.05) is 6.42 Å². The summed E-state index contributed by atoms with van der Waals surface area (Å²) in [5.41, 5.74) is 1.32. The molecule has 27 heavy (non-hydrogen) atoms. The van der Waals surface area contributed by atoms with Gasteiger partial charge in [-0.2, -0.15) is 0 Å². The minimum atomic E-state index is 0.272. The third-order valence-electron chi connectivity index (χ3n) is 5.99. The maximum Gasteiger partial charge on any atom is 0.199 e. The van der Waals surface area contributed by atoms with Gasteiger partial charge in [-0.25, -0.2) is 0 Å². The fourth-order valence-electron chi connectivity index (χ4n) is 4.58. The fourth-order valence-corrected chi connectivity index (χ4v) is 4.58. The zero-order chi connectivity index (χ0) is 18.6. The molecule has 0 aliphatic rings. The smallest absolute Gasteiger partial charge is 0.199 e. The number of rotatable bonds is 9. The Balaban J connectivity index is 1.76. The van der Waals surface area contributed by atoms with Gasteiger partial charge in [0.05, 0.1) is 0 Å². The van der Waals surface area contributed by atoms with Gasteiger partial charge >= 0.3 is 0 Å². The largest absolute Gasteiger partial charge is 0.291 e. The molecule has 137 valence electrons. The van der Waals surface area contributed by atoms with Gasteiger partial charge in [-0.15, -0.1) is 0 Å². The van der Waals surface area contributed by atoms with Crippen molar-refractivity contribution in [2.75, 3.05) is 0 Å². The van der Waals surface area contributed by atoms with Crippen molar-refractivity contribution in [3.8, 4) is 0 Å². The normalized spacial score (nSPS) is 12.9. The lowest BCUT2D eigenvalue weighted by atomic mass is 9.84. The Kier molecular flexibility index (Phi) is 5.38. The van der Waals surface area contributed by atoms with E-state index in [0.717, 1.165) is 6.42 Å². The van der Waals surface area contributed by atoms with E-state index in [1.807, 2.05) is 0 Å². The van der Waals surface area contributed by atoms with Crippen LogP contribution < -0.4 is 0 Å². The predicted octanol–water partition coefficient (Wildman–Crippen LogP) is 7.53. The SMILES string of the molecule is CCCCCCCC(C[C]=O)c1ccc2ccc3cccc4ccc1c2c34. The van der Waals surface area contributed by atoms with Gasteiger partial charge in [0.1, 0.15) is 0 Å². The molecule has 0 amide bonds. The van der Waals surface area contributed by atoms with Crippen LogP contribution in [0.4, 0.5) is 0 Å². The molecule has 1 unspecified atom stereocenters. The molecule has 0 saturated heterocycles. The van der Waals surface area contributed by atoms with Crippen LogP contribution in [0.15, 0.2) is 54.6 Å². The summed E-state index contributed by atoms with van der Waals surface area (Å²) in [6.07, 6.45) is 10.1. The molecular weight excluding hydrogens is 328 g/mol. The van der Waals surface area contributed by atoms with Crippen LogP contribution in [-0.2, 0) is 4.79 Å². The van der Waals surface area contributed by atoms with Gasteiger partial charge in [-0.1, -0.05) is 93.6 Å². The van der Waals surface area contributed by atoms with E-state index >= 15 is 0 Å². The molecule has 0 saturated carbocycles. The van der Waals surface area contributed by atoms with Crippen LogP contribution in [-0.4, -0.2) is 6.29 Å². The molecule has 0 aliphatic heterocycles. The van der Waals surface area contributed by atoms with Crippen molar-refractivity contribution >= 4 is 38.6 Å². The Labute approximate surface area is 161 Å². The lowest BCUT2D eigenvalue weighted by Crippen LogP contribution is -2.02. The Hall–Kier alpha value is -2.41. The number of benzene rings is 4. The summed E-state index contributed by atoms with van der Waals surface area (Å²) in [5.74, 6) is 0.272. The van der Waals surface area contributed by atoms with Crippen molar-refractivity contribution in [2.45, 2.75) is 57.8 Å². The first-order chi connectivity index (χ1) is 13.3. The number of hydrogen-bond acceptors (Lipinski definition) is 1. The monoisotopic (exact) mass is 355 g/mol. The molecule has 4 aromatic carbocycles. The van der Waals surface area contributed by atoms with Crippen LogP contribution in [0.2, 0.25) is 0 Å². The van der Waals surface area contributed by atoms with E-state index in [2.05, 4.69) is 67.8 Å². The minimum Gasteiger partial charge on any atom is -0.291 e. The summed E-state index contributed by atoms with van der Waals surface area (Å²) in [7, 11) is 0. The Bertz CT molecular complexity index is 1030. The Morgan fingerprint density at radius 3 is 2.19 bits per heavy atom. The summed E-state index contributed by atoms with van der Waals surface area (Å²) in [6.45, 7) is 2.24. The fraction of sp³-hybridized carbons (Fsp3) is 0.346. The standard InChI is InChI=1S/C26H27O/c1-2-3-4-5-6-8-19(17-18-27)23-15-13-22-12-11-20-9-7-10-21-14-16-24(23)26(22)25(20)21/h7,9-16,19H,2-6,8,17H2,1H3. The minimum absolute atomic E-state index is 0.272. The molecule has 1 atom stereocenters. The molecule has 1 radical (unpaired) electrons. The molecule has 0 N–H and O–H groups in total. The van der Waals surface area contributed by atoms with Crippen LogP contribution >= 0.6 is 0 Å². The van der Waals surface area contributed by atoms with E-state index in [4.69, 9.17) is 0 Å². The van der Waals surface area contributed by atoms with E-state index < -0.39 is 0 Å². The van der Waals surface area contributed by atoms with Crippen molar-refractivity contribution < 1.29 is 4.79 Å². The molecule has 0 aromatic heterocycles. The maximum absolute atomic E-state index is 11.3. The zero-order valence-corrected chi connectivity index (χ0v) is 16.1. The van der Waals surface area contributed by atoms with Crippen LogP contribution in [0.3, 0.4) is 0 Å². The highest BCUT2D eigenvalue weighted by atomic mass is 16.1. The average Bonchev–Trinajstić information content (AvgIpc) is 2.71. The van der Waals surface area contributed by atoms with Crippen LogP contribution in [0.25, 0.3) is 32.3 Å². The lowest BCUT2D eigenvalue weighted by Gasteiger charge is -2.19. The molecule has 4 aromatic rings. The molecular formula is C26H27O. The van der Waals surface area contributed by atoms with Crippen LogP contribution in [0.1, 0.15) is 63.4 Å². The van der Waals surface area contributed by atoms with Crippen molar-refractivity contribution in [1.82, 2.24) is 0 Å². The maximum atomic E-state index is 11.3. The van der Waals surface area contributed by atoms with Gasteiger partial charge in [-0.3, -0.25) is 4.79 Å². The average molecular weight is 356 g/mol. The van der Waals surface area contributed by atoms with E-state index in [1.165, 1.54) is 70.0 Å².